The predicted molar refractivity (Wildman–Crippen MR) is 48.2 cm³/mol. The number of methoxy groups -OCH3 is 2. The second kappa shape index (κ2) is 4.45. The highest BCUT2D eigenvalue weighted by atomic mass is 16.5. The third-order valence-electron chi connectivity index (χ3n) is 1.68. The van der Waals surface area contributed by atoms with Crippen LogP contribution in [-0.4, -0.2) is 30.3 Å². The zero-order valence-corrected chi connectivity index (χ0v) is 7.98. The second-order valence-electron chi connectivity index (χ2n) is 2.60. The van der Waals surface area contributed by atoms with Gasteiger partial charge in [0.2, 0.25) is 0 Å². The molecule has 14 heavy (non-hydrogen) atoms. The summed E-state index contributed by atoms with van der Waals surface area (Å²) in [5, 5.41) is 9.10. The first kappa shape index (κ1) is 10.3. The average molecular weight is 197 g/mol. The van der Waals surface area contributed by atoms with E-state index in [0.29, 0.717) is 11.4 Å². The van der Waals surface area contributed by atoms with Gasteiger partial charge in [0, 0.05) is 6.07 Å². The van der Waals surface area contributed by atoms with E-state index >= 15 is 0 Å². The third-order valence-corrected chi connectivity index (χ3v) is 1.68. The summed E-state index contributed by atoms with van der Waals surface area (Å²) >= 11 is 0. The smallest absolute Gasteiger partial charge is 0.311 e. The lowest BCUT2D eigenvalue weighted by Crippen LogP contribution is -2.07. The van der Waals surface area contributed by atoms with Crippen molar-refractivity contribution in [2.75, 3.05) is 14.2 Å². The van der Waals surface area contributed by atoms with Crippen molar-refractivity contribution >= 4 is 5.97 Å². The maximum atomic E-state index is 11.0. The zero-order chi connectivity index (χ0) is 10.6. The molecule has 0 aliphatic rings. The van der Waals surface area contributed by atoms with Gasteiger partial charge in [0.1, 0.15) is 11.5 Å². The first-order chi connectivity index (χ1) is 6.67. The molecule has 0 aliphatic heterocycles. The van der Waals surface area contributed by atoms with E-state index in [1.54, 1.807) is 0 Å². The predicted octanol–water partition coefficient (Wildman–Crippen LogP) is 0.511. The van der Waals surface area contributed by atoms with E-state index < -0.39 is 5.97 Å². The van der Waals surface area contributed by atoms with Crippen molar-refractivity contribution in [2.45, 2.75) is 6.42 Å². The number of aromatic hydroxyl groups is 1. The fourth-order valence-electron chi connectivity index (χ4n) is 0.981. The molecule has 0 unspecified atom stereocenters. The quantitative estimate of drug-likeness (QED) is 0.715. The van der Waals surface area contributed by atoms with Gasteiger partial charge < -0.3 is 14.6 Å². The molecule has 1 heterocycles. The summed E-state index contributed by atoms with van der Waals surface area (Å²) in [4.78, 5) is 14.8. The Labute approximate surface area is 81.3 Å². The minimum atomic E-state index is -0.401. The Bertz CT molecular complexity index is 338. The summed E-state index contributed by atoms with van der Waals surface area (Å²) in [5.41, 5.74) is 0.442. The molecule has 0 aromatic carbocycles. The molecule has 0 aliphatic carbocycles. The molecule has 0 saturated heterocycles. The Morgan fingerprint density at radius 2 is 2.29 bits per heavy atom. The maximum absolute atomic E-state index is 11.0. The molecular weight excluding hydrogens is 186 g/mol. The summed E-state index contributed by atoms with van der Waals surface area (Å²) in [7, 11) is 2.74. The van der Waals surface area contributed by atoms with Crippen LogP contribution < -0.4 is 4.74 Å². The van der Waals surface area contributed by atoms with Gasteiger partial charge in [-0.25, -0.2) is 0 Å². The number of nitrogens with zero attached hydrogens (tertiary/aromatic N) is 1. The van der Waals surface area contributed by atoms with Crippen molar-refractivity contribution < 1.29 is 19.4 Å². The zero-order valence-electron chi connectivity index (χ0n) is 7.98. The number of pyridine rings is 1. The van der Waals surface area contributed by atoms with Gasteiger partial charge in [-0.1, -0.05) is 0 Å². The molecule has 0 spiro atoms. The number of esters is 1. The van der Waals surface area contributed by atoms with Crippen LogP contribution in [0.4, 0.5) is 0 Å². The standard InChI is InChI=1S/C9H11NO4/c1-13-8-3-6(11)5-10-7(8)4-9(12)14-2/h3,5,11H,4H2,1-2H3. The van der Waals surface area contributed by atoms with Crippen molar-refractivity contribution in [3.63, 3.8) is 0 Å². The lowest BCUT2D eigenvalue weighted by molar-refractivity contribution is -0.139. The molecule has 0 bridgehead atoms. The molecule has 1 aromatic heterocycles. The molecule has 0 atom stereocenters. The Hall–Kier alpha value is -1.78. The maximum Gasteiger partial charge on any atom is 0.311 e. The molecule has 0 amide bonds. The Balaban J connectivity index is 2.90. The first-order valence-electron chi connectivity index (χ1n) is 3.96. The van der Waals surface area contributed by atoms with Crippen molar-refractivity contribution in [2.24, 2.45) is 0 Å². The van der Waals surface area contributed by atoms with Gasteiger partial charge >= 0.3 is 5.97 Å². The summed E-state index contributed by atoms with van der Waals surface area (Å²) in [6.07, 6.45) is 1.28. The van der Waals surface area contributed by atoms with E-state index in [1.165, 1.54) is 26.5 Å². The molecule has 1 rings (SSSR count). The number of hydrogen-bond acceptors (Lipinski definition) is 5. The fraction of sp³-hybridized carbons (Fsp3) is 0.333. The number of rotatable bonds is 3. The Kier molecular flexibility index (Phi) is 3.28. The van der Waals surface area contributed by atoms with Gasteiger partial charge in [0.25, 0.3) is 0 Å². The van der Waals surface area contributed by atoms with Crippen LogP contribution in [0.25, 0.3) is 0 Å². The summed E-state index contributed by atoms with van der Waals surface area (Å²) < 4.78 is 9.43. The lowest BCUT2D eigenvalue weighted by atomic mass is 10.2. The average Bonchev–Trinajstić information content (AvgIpc) is 2.20. The van der Waals surface area contributed by atoms with Crippen LogP contribution in [0, 0.1) is 0 Å². The minimum Gasteiger partial charge on any atom is -0.506 e. The Morgan fingerprint density at radius 3 is 2.86 bits per heavy atom. The largest absolute Gasteiger partial charge is 0.506 e. The van der Waals surface area contributed by atoms with Crippen molar-refractivity contribution in [1.29, 1.82) is 0 Å². The molecule has 5 nitrogen and oxygen atoms in total. The van der Waals surface area contributed by atoms with E-state index in [1.807, 2.05) is 0 Å². The summed E-state index contributed by atoms with van der Waals surface area (Å²) in [6, 6.07) is 1.39. The van der Waals surface area contributed by atoms with Crippen LogP contribution in [0.1, 0.15) is 5.69 Å². The molecule has 1 aromatic rings. The first-order valence-corrected chi connectivity index (χ1v) is 3.96. The minimum absolute atomic E-state index is 0.00420. The van der Waals surface area contributed by atoms with E-state index in [4.69, 9.17) is 9.84 Å². The second-order valence-corrected chi connectivity index (χ2v) is 2.60. The van der Waals surface area contributed by atoms with Crippen LogP contribution in [-0.2, 0) is 16.0 Å². The van der Waals surface area contributed by atoms with Crippen molar-refractivity contribution in [3.8, 4) is 11.5 Å². The third kappa shape index (κ3) is 2.35. The van der Waals surface area contributed by atoms with Crippen LogP contribution in [0.2, 0.25) is 0 Å². The van der Waals surface area contributed by atoms with Gasteiger partial charge in [-0.15, -0.1) is 0 Å². The van der Waals surface area contributed by atoms with Gasteiger partial charge in [-0.05, 0) is 0 Å². The fourth-order valence-corrected chi connectivity index (χ4v) is 0.981. The van der Waals surface area contributed by atoms with Crippen LogP contribution in [0.3, 0.4) is 0 Å². The highest BCUT2D eigenvalue weighted by Crippen LogP contribution is 2.21. The molecule has 1 N–H and O–H groups in total. The number of carbonyl (C=O) groups excluding carboxylic acids is 1. The molecule has 0 radical (unpaired) electrons. The topological polar surface area (TPSA) is 68.7 Å². The van der Waals surface area contributed by atoms with E-state index in [2.05, 4.69) is 9.72 Å². The van der Waals surface area contributed by atoms with Crippen LogP contribution >= 0.6 is 0 Å². The molecule has 0 fully saturated rings. The molecule has 0 saturated carbocycles. The van der Waals surface area contributed by atoms with E-state index in [0.717, 1.165) is 0 Å². The molecule has 76 valence electrons. The highest BCUT2D eigenvalue weighted by molar-refractivity contribution is 5.72. The number of aromatic nitrogens is 1. The van der Waals surface area contributed by atoms with Gasteiger partial charge in [0.05, 0.1) is 32.5 Å². The van der Waals surface area contributed by atoms with Crippen molar-refractivity contribution in [3.05, 3.63) is 18.0 Å². The van der Waals surface area contributed by atoms with E-state index in [9.17, 15) is 4.79 Å². The van der Waals surface area contributed by atoms with E-state index in [-0.39, 0.29) is 12.2 Å². The monoisotopic (exact) mass is 197 g/mol. The number of carbonyl (C=O) groups is 1. The van der Waals surface area contributed by atoms with Gasteiger partial charge in [0.15, 0.2) is 0 Å². The lowest BCUT2D eigenvalue weighted by Gasteiger charge is -2.06. The molecule has 5 heteroatoms. The number of hydrogen-bond donors (Lipinski definition) is 1. The summed E-state index contributed by atoms with van der Waals surface area (Å²) in [5.74, 6) is -0.0349. The summed E-state index contributed by atoms with van der Waals surface area (Å²) in [6.45, 7) is 0. The van der Waals surface area contributed by atoms with Gasteiger partial charge in [-0.2, -0.15) is 0 Å². The Morgan fingerprint density at radius 1 is 1.57 bits per heavy atom. The number of ether oxygens (including phenoxy) is 2. The van der Waals surface area contributed by atoms with Crippen molar-refractivity contribution in [1.82, 2.24) is 4.98 Å². The van der Waals surface area contributed by atoms with Gasteiger partial charge in [-0.3, -0.25) is 9.78 Å². The van der Waals surface area contributed by atoms with Crippen LogP contribution in [0.5, 0.6) is 11.5 Å². The van der Waals surface area contributed by atoms with Crippen LogP contribution in [0.15, 0.2) is 12.3 Å². The SMILES string of the molecule is COC(=O)Cc1ncc(O)cc1OC. The molecular formula is C9H11NO4. The normalized spacial score (nSPS) is 9.57. The highest BCUT2D eigenvalue weighted by Gasteiger charge is 2.10.